The molecule has 5 heteroatoms. The van der Waals surface area contributed by atoms with Crippen molar-refractivity contribution < 1.29 is 15.7 Å². The van der Waals surface area contributed by atoms with Crippen LogP contribution in [-0.4, -0.2) is 18.7 Å². The minimum Gasteiger partial charge on any atom is -0.457 e. The Bertz CT molecular complexity index is 4050. The summed E-state index contributed by atoms with van der Waals surface area (Å²) < 4.78 is 83.2. The fraction of sp³-hybridized carbons (Fsp3) is 0.197. The van der Waals surface area contributed by atoms with Crippen molar-refractivity contribution in [1.82, 2.24) is 18.7 Å². The van der Waals surface area contributed by atoms with Crippen molar-refractivity contribution in [3.8, 4) is 39.8 Å². The quantitative estimate of drug-likeness (QED) is 0.167. The minimum atomic E-state index is -0.484. The third-order valence-corrected chi connectivity index (χ3v) is 12.9. The number of nitrogens with zero attached hydrogens (tertiary/aromatic N) is 4. The number of benzene rings is 7. The molecule has 66 heavy (non-hydrogen) atoms. The van der Waals surface area contributed by atoms with Crippen LogP contribution >= 0.6 is 0 Å². The number of hydrogen-bond donors (Lipinski definition) is 0. The first-order valence-corrected chi connectivity index (χ1v) is 22.5. The van der Waals surface area contributed by atoms with Crippen molar-refractivity contribution in [1.29, 1.82) is 0 Å². The Kier molecular flexibility index (Phi) is 7.59. The Morgan fingerprint density at radius 2 is 1.12 bits per heavy atom. The largest absolute Gasteiger partial charge is 0.457 e. The lowest BCUT2D eigenvalue weighted by Gasteiger charge is -2.26. The zero-order chi connectivity index (χ0) is 52.7. The predicted molar refractivity (Wildman–Crippen MR) is 278 cm³/mol. The number of rotatable bonds is 6. The van der Waals surface area contributed by atoms with Gasteiger partial charge in [0.05, 0.1) is 38.5 Å². The van der Waals surface area contributed by atoms with E-state index >= 15 is 0 Å². The summed E-state index contributed by atoms with van der Waals surface area (Å²) in [5.74, 6) is 1.92. The Morgan fingerprint density at radius 1 is 0.455 bits per heavy atom. The fourth-order valence-electron chi connectivity index (χ4n) is 9.23. The Morgan fingerprint density at radius 3 is 1.82 bits per heavy atom. The topological polar surface area (TPSA) is 36.9 Å². The van der Waals surface area contributed by atoms with Crippen LogP contribution in [0.25, 0.3) is 82.8 Å². The van der Waals surface area contributed by atoms with Crippen LogP contribution in [-0.2, 0) is 16.2 Å². The lowest BCUT2D eigenvalue weighted by molar-refractivity contribution is 0.483. The molecule has 4 heterocycles. The maximum Gasteiger partial charge on any atom is 0.137 e. The molecule has 0 unspecified atom stereocenters. The summed E-state index contributed by atoms with van der Waals surface area (Å²) in [5, 5.41) is 2.83. The molecular weight excluding hydrogens is 805 g/mol. The van der Waals surface area contributed by atoms with Gasteiger partial charge in [-0.1, -0.05) is 141 Å². The molecule has 0 spiro atoms. The van der Waals surface area contributed by atoms with E-state index < -0.39 is 24.2 Å². The SMILES string of the molecule is [2H]c1c([2H])c([2H])c2c(c1[2H])c1c([2H])c([2H])c([2H])c([2H])c1n2-c1ccc2c(c1)c1ccc(Oc3cccc(-n4cc(-c5cc(C(C)(C)C)cc(C(C)(C)C)c5)c5ccccc54)c3)cc1n2-c1cc(C(C)(C)C)ccn1. The molecule has 0 aliphatic heterocycles. The Balaban J connectivity index is 1.07. The van der Waals surface area contributed by atoms with Gasteiger partial charge in [0.25, 0.3) is 0 Å². The van der Waals surface area contributed by atoms with E-state index in [0.29, 0.717) is 23.0 Å². The molecule has 11 rings (SSSR count). The normalized spacial score (nSPS) is 14.3. The number of fused-ring (bicyclic) bond motifs is 7. The van der Waals surface area contributed by atoms with Crippen LogP contribution in [0.5, 0.6) is 11.5 Å². The summed E-state index contributed by atoms with van der Waals surface area (Å²) in [7, 11) is 0. The van der Waals surface area contributed by atoms with E-state index in [-0.39, 0.29) is 62.2 Å². The van der Waals surface area contributed by atoms with Crippen LogP contribution in [0.2, 0.25) is 0 Å². The summed E-state index contributed by atoms with van der Waals surface area (Å²) in [6.07, 6.45) is 4.05. The predicted octanol–water partition coefficient (Wildman–Crippen LogP) is 16.6. The van der Waals surface area contributed by atoms with Gasteiger partial charge in [-0.05, 0) is 111 Å². The number of pyridine rings is 1. The van der Waals surface area contributed by atoms with Crippen molar-refractivity contribution in [2.24, 2.45) is 0 Å². The smallest absolute Gasteiger partial charge is 0.137 e. The highest BCUT2D eigenvalue weighted by Crippen LogP contribution is 2.41. The molecule has 0 bridgehead atoms. The van der Waals surface area contributed by atoms with E-state index in [1.807, 2.05) is 60.8 Å². The summed E-state index contributed by atoms with van der Waals surface area (Å²) in [6, 6.07) is 36.0. The lowest BCUT2D eigenvalue weighted by Crippen LogP contribution is -2.16. The van der Waals surface area contributed by atoms with E-state index in [2.05, 4.69) is 138 Å². The Labute approximate surface area is 398 Å². The molecule has 7 aromatic carbocycles. The lowest BCUT2D eigenvalue weighted by atomic mass is 9.79. The highest BCUT2D eigenvalue weighted by atomic mass is 16.5. The van der Waals surface area contributed by atoms with Crippen LogP contribution in [0, 0.1) is 0 Å². The average molecular weight is 869 g/mol. The van der Waals surface area contributed by atoms with Crippen molar-refractivity contribution >= 4 is 54.5 Å². The van der Waals surface area contributed by atoms with Crippen LogP contribution < -0.4 is 4.74 Å². The van der Waals surface area contributed by atoms with Crippen molar-refractivity contribution in [2.75, 3.05) is 0 Å². The molecule has 0 aliphatic carbocycles. The maximum atomic E-state index is 9.12. The molecule has 11 aromatic rings. The molecule has 326 valence electrons. The van der Waals surface area contributed by atoms with Gasteiger partial charge in [-0.25, -0.2) is 4.98 Å². The fourth-order valence-corrected chi connectivity index (χ4v) is 9.23. The Hall–Kier alpha value is -7.37. The first-order valence-electron chi connectivity index (χ1n) is 26.5. The molecule has 4 aromatic heterocycles. The number of para-hydroxylation sites is 3. The highest BCUT2D eigenvalue weighted by Gasteiger charge is 2.24. The first-order chi connectivity index (χ1) is 34.9. The number of aromatic nitrogens is 4. The van der Waals surface area contributed by atoms with E-state index in [1.165, 1.54) is 16.7 Å². The van der Waals surface area contributed by atoms with Gasteiger partial charge in [0.1, 0.15) is 17.3 Å². The van der Waals surface area contributed by atoms with E-state index in [4.69, 9.17) is 20.7 Å². The zero-order valence-electron chi connectivity index (χ0n) is 46.8. The zero-order valence-corrected chi connectivity index (χ0v) is 38.8. The molecule has 0 saturated carbocycles. The monoisotopic (exact) mass is 868 g/mol. The van der Waals surface area contributed by atoms with Crippen molar-refractivity contribution in [3.05, 3.63) is 193 Å². The molecule has 0 fully saturated rings. The van der Waals surface area contributed by atoms with Crippen molar-refractivity contribution in [2.45, 2.75) is 78.6 Å². The van der Waals surface area contributed by atoms with E-state index in [0.717, 1.165) is 49.5 Å². The molecule has 0 amide bonds. The van der Waals surface area contributed by atoms with Gasteiger partial charge in [0, 0.05) is 68.4 Å². The maximum absolute atomic E-state index is 9.12. The van der Waals surface area contributed by atoms with Gasteiger partial charge in [-0.15, -0.1) is 0 Å². The summed E-state index contributed by atoms with van der Waals surface area (Å²) in [4.78, 5) is 4.91. The van der Waals surface area contributed by atoms with Gasteiger partial charge in [0.2, 0.25) is 0 Å². The molecule has 0 saturated heterocycles. The number of hydrogen-bond acceptors (Lipinski definition) is 2. The standard InChI is InChI=1S/C61H56N4O/c1-59(2,3)40-29-30-62-58(34-40)65-56-28-25-44(64-54-23-14-11-19-47(54)48-20-12-15-24-55(48)64)36-51(56)50-27-26-46(37-57(50)65)66-45-18-16-17-43(35-45)63-38-52(49-21-10-13-22-53(49)63)39-31-41(60(4,5)6)33-42(32-39)61(7,8)9/h10-38H,1-9H3/i11D,12D,14D,15D,19D,20D,23D,24D. The van der Waals surface area contributed by atoms with Gasteiger partial charge in [-0.2, -0.15) is 0 Å². The summed E-state index contributed by atoms with van der Waals surface area (Å²) in [6.45, 7) is 20.1. The summed E-state index contributed by atoms with van der Waals surface area (Å²) >= 11 is 0. The first kappa shape index (κ1) is 33.2. The van der Waals surface area contributed by atoms with Crippen LogP contribution in [0.3, 0.4) is 0 Å². The molecule has 0 aliphatic rings. The van der Waals surface area contributed by atoms with Crippen molar-refractivity contribution in [3.63, 3.8) is 0 Å². The van der Waals surface area contributed by atoms with Crippen LogP contribution in [0.4, 0.5) is 0 Å². The van der Waals surface area contributed by atoms with Crippen LogP contribution in [0.15, 0.2) is 176 Å². The molecule has 5 nitrogen and oxygen atoms in total. The second-order valence-corrected chi connectivity index (χ2v) is 20.5. The van der Waals surface area contributed by atoms with Crippen LogP contribution in [0.1, 0.15) is 90.0 Å². The molecular formula is C61H56N4O. The molecule has 0 atom stereocenters. The van der Waals surface area contributed by atoms with E-state index in [9.17, 15) is 0 Å². The van der Waals surface area contributed by atoms with Gasteiger partial charge in [0.15, 0.2) is 0 Å². The average Bonchev–Trinajstić information content (AvgIpc) is 4.06. The van der Waals surface area contributed by atoms with Gasteiger partial charge < -0.3 is 13.9 Å². The summed E-state index contributed by atoms with van der Waals surface area (Å²) in [5.41, 5.74) is 9.94. The molecule has 0 radical (unpaired) electrons. The second kappa shape index (κ2) is 15.1. The second-order valence-electron chi connectivity index (χ2n) is 20.5. The van der Waals surface area contributed by atoms with E-state index in [1.54, 1.807) is 4.57 Å². The third-order valence-electron chi connectivity index (χ3n) is 12.9. The highest BCUT2D eigenvalue weighted by molar-refractivity contribution is 6.12. The molecule has 0 N–H and O–H groups in total. The van der Waals surface area contributed by atoms with Gasteiger partial charge in [-0.3, -0.25) is 4.57 Å². The third kappa shape index (κ3) is 7.05. The number of ether oxygens (including phenoxy) is 1. The van der Waals surface area contributed by atoms with Gasteiger partial charge >= 0.3 is 0 Å². The minimum absolute atomic E-state index is 0.0283.